The third-order valence-electron chi connectivity index (χ3n) is 8.30. The molecule has 1 saturated heterocycles. The van der Waals surface area contributed by atoms with Crippen molar-refractivity contribution < 1.29 is 14.2 Å². The van der Waals surface area contributed by atoms with Gasteiger partial charge in [-0.2, -0.15) is 0 Å². The van der Waals surface area contributed by atoms with Crippen LogP contribution in [-0.4, -0.2) is 56.0 Å². The molecule has 0 aromatic heterocycles. The number of benzene rings is 2. The highest BCUT2D eigenvalue weighted by atomic mass is 16.5. The number of rotatable bonds is 23. The van der Waals surface area contributed by atoms with Crippen molar-refractivity contribution in [3.05, 3.63) is 71.8 Å². The smallest absolute Gasteiger partial charge is 0.100 e. The molecule has 2 N–H and O–H groups in total. The van der Waals surface area contributed by atoms with E-state index in [1.807, 2.05) is 6.07 Å². The van der Waals surface area contributed by atoms with Crippen LogP contribution in [0.4, 0.5) is 0 Å². The minimum absolute atomic E-state index is 0.0434. The van der Waals surface area contributed by atoms with Crippen molar-refractivity contribution in [3.63, 3.8) is 0 Å². The van der Waals surface area contributed by atoms with Crippen LogP contribution in [0.1, 0.15) is 102 Å². The van der Waals surface area contributed by atoms with E-state index in [1.54, 1.807) is 0 Å². The quantitative estimate of drug-likeness (QED) is 0.139. The number of nitrogens with zero attached hydrogens (tertiary/aromatic N) is 1. The second-order valence-corrected chi connectivity index (χ2v) is 11.9. The Morgan fingerprint density at radius 1 is 0.683 bits per heavy atom. The summed E-state index contributed by atoms with van der Waals surface area (Å²) in [6.07, 6.45) is 16.9. The molecular formula is C36H58N2O3. The van der Waals surface area contributed by atoms with Crippen LogP contribution in [-0.2, 0) is 27.4 Å². The van der Waals surface area contributed by atoms with Crippen molar-refractivity contribution >= 4 is 0 Å². The fourth-order valence-electron chi connectivity index (χ4n) is 5.77. The lowest BCUT2D eigenvalue weighted by molar-refractivity contribution is -0.103. The second kappa shape index (κ2) is 21.9. The van der Waals surface area contributed by atoms with Gasteiger partial charge in [-0.1, -0.05) is 145 Å². The lowest BCUT2D eigenvalue weighted by Gasteiger charge is -2.36. The molecule has 1 aliphatic heterocycles. The molecule has 230 valence electrons. The lowest BCUT2D eigenvalue weighted by atomic mass is 9.98. The van der Waals surface area contributed by atoms with E-state index >= 15 is 0 Å². The average Bonchev–Trinajstić information content (AvgIpc) is 3.01. The summed E-state index contributed by atoms with van der Waals surface area (Å²) in [5.41, 5.74) is 9.29. The Hall–Kier alpha value is -1.76. The van der Waals surface area contributed by atoms with Gasteiger partial charge in [-0.3, -0.25) is 4.90 Å². The van der Waals surface area contributed by atoms with E-state index in [0.717, 1.165) is 45.7 Å². The van der Waals surface area contributed by atoms with E-state index < -0.39 is 0 Å². The number of hydrogen-bond donors (Lipinski definition) is 1. The molecule has 3 atom stereocenters. The minimum Gasteiger partial charge on any atom is -0.379 e. The zero-order chi connectivity index (χ0) is 28.8. The molecule has 0 aliphatic carbocycles. The van der Waals surface area contributed by atoms with Crippen LogP contribution in [0.5, 0.6) is 0 Å². The zero-order valence-corrected chi connectivity index (χ0v) is 25.9. The molecule has 1 fully saturated rings. The van der Waals surface area contributed by atoms with Crippen LogP contribution < -0.4 is 5.73 Å². The van der Waals surface area contributed by atoms with Gasteiger partial charge in [-0.25, -0.2) is 0 Å². The third kappa shape index (κ3) is 14.8. The topological polar surface area (TPSA) is 57.0 Å². The fourth-order valence-corrected chi connectivity index (χ4v) is 5.77. The summed E-state index contributed by atoms with van der Waals surface area (Å²) >= 11 is 0. The Morgan fingerprint density at radius 3 is 1.71 bits per heavy atom. The normalized spacial score (nSPS) is 16.4. The summed E-state index contributed by atoms with van der Waals surface area (Å²) in [6.45, 7) is 7.61. The first-order valence-electron chi connectivity index (χ1n) is 16.6. The van der Waals surface area contributed by atoms with Crippen LogP contribution in [0, 0.1) is 0 Å². The standard InChI is InChI=1S/C36H58N2O3/c1-2-3-4-5-6-7-8-9-10-11-12-19-24-35(40-30-32-20-15-13-16-21-32)36(41-31-33-22-17-14-18-23-33)34(37)29-38-25-27-39-28-26-38/h13-18,20-23,34-36H,2-12,19,24-31,37H2,1H3/t34-,35+,36-/m0/s1. The van der Waals surface area contributed by atoms with Crippen LogP contribution in [0.2, 0.25) is 0 Å². The number of nitrogens with two attached hydrogens (primary N) is 1. The maximum Gasteiger partial charge on any atom is 0.100 e. The summed E-state index contributed by atoms with van der Waals surface area (Å²) in [5, 5.41) is 0. The van der Waals surface area contributed by atoms with Gasteiger partial charge in [0.05, 0.1) is 32.5 Å². The molecule has 5 heteroatoms. The van der Waals surface area contributed by atoms with Gasteiger partial charge in [-0.05, 0) is 17.5 Å². The number of ether oxygens (including phenoxy) is 3. The highest BCUT2D eigenvalue weighted by molar-refractivity contribution is 5.14. The Labute approximate surface area is 251 Å². The summed E-state index contributed by atoms with van der Waals surface area (Å²) in [7, 11) is 0. The minimum atomic E-state index is -0.172. The SMILES string of the molecule is CCCCCCCCCCCCCC[C@@H](OCc1ccccc1)[C@@H](OCc1ccccc1)[C@@H](N)CN1CCOCC1. The van der Waals surface area contributed by atoms with Crippen LogP contribution in [0.15, 0.2) is 60.7 Å². The molecule has 0 bridgehead atoms. The Kier molecular flexibility index (Phi) is 18.0. The molecule has 2 aromatic rings. The molecule has 1 aliphatic rings. The number of morpholine rings is 1. The zero-order valence-electron chi connectivity index (χ0n) is 25.9. The molecule has 0 radical (unpaired) electrons. The maximum atomic E-state index is 6.93. The van der Waals surface area contributed by atoms with Gasteiger partial charge in [-0.15, -0.1) is 0 Å². The molecule has 3 rings (SSSR count). The fraction of sp³-hybridized carbons (Fsp3) is 0.667. The largest absolute Gasteiger partial charge is 0.379 e. The highest BCUT2D eigenvalue weighted by Crippen LogP contribution is 2.21. The summed E-state index contributed by atoms with van der Waals surface area (Å²) in [5.74, 6) is 0. The van der Waals surface area contributed by atoms with Gasteiger partial charge in [0.25, 0.3) is 0 Å². The van der Waals surface area contributed by atoms with E-state index in [9.17, 15) is 0 Å². The van der Waals surface area contributed by atoms with Crippen LogP contribution in [0.25, 0.3) is 0 Å². The molecule has 41 heavy (non-hydrogen) atoms. The predicted octanol–water partition coefficient (Wildman–Crippen LogP) is 7.91. The molecular weight excluding hydrogens is 508 g/mol. The first kappa shape index (κ1) is 33.7. The van der Waals surface area contributed by atoms with Gasteiger partial charge in [0.2, 0.25) is 0 Å². The van der Waals surface area contributed by atoms with Gasteiger partial charge < -0.3 is 19.9 Å². The van der Waals surface area contributed by atoms with Crippen LogP contribution >= 0.6 is 0 Å². The summed E-state index contributed by atoms with van der Waals surface area (Å²) in [6, 6.07) is 20.8. The number of hydrogen-bond acceptors (Lipinski definition) is 5. The molecule has 0 unspecified atom stereocenters. The Balaban J connectivity index is 1.52. The molecule has 0 spiro atoms. The van der Waals surface area contributed by atoms with Crippen LogP contribution in [0.3, 0.4) is 0 Å². The first-order chi connectivity index (χ1) is 20.3. The summed E-state index contributed by atoms with van der Waals surface area (Å²) < 4.78 is 18.8. The predicted molar refractivity (Wildman–Crippen MR) is 171 cm³/mol. The van der Waals surface area contributed by atoms with Crippen molar-refractivity contribution in [2.75, 3.05) is 32.8 Å². The highest BCUT2D eigenvalue weighted by Gasteiger charge is 2.31. The maximum absolute atomic E-state index is 6.93. The molecule has 5 nitrogen and oxygen atoms in total. The van der Waals surface area contributed by atoms with Crippen molar-refractivity contribution in [1.82, 2.24) is 4.90 Å². The summed E-state index contributed by atoms with van der Waals surface area (Å²) in [4.78, 5) is 2.41. The van der Waals surface area contributed by atoms with Gasteiger partial charge in [0, 0.05) is 25.7 Å². The van der Waals surface area contributed by atoms with Crippen molar-refractivity contribution in [2.24, 2.45) is 5.73 Å². The van der Waals surface area contributed by atoms with E-state index in [4.69, 9.17) is 19.9 Å². The van der Waals surface area contributed by atoms with E-state index in [2.05, 4.69) is 66.4 Å². The van der Waals surface area contributed by atoms with Gasteiger partial charge in [0.15, 0.2) is 0 Å². The third-order valence-corrected chi connectivity index (χ3v) is 8.30. The Bertz CT molecular complexity index is 860. The average molecular weight is 567 g/mol. The molecule has 0 saturated carbocycles. The monoisotopic (exact) mass is 566 g/mol. The molecule has 1 heterocycles. The molecule has 2 aromatic carbocycles. The van der Waals surface area contributed by atoms with E-state index in [1.165, 1.54) is 81.8 Å². The van der Waals surface area contributed by atoms with E-state index in [0.29, 0.717) is 13.2 Å². The lowest BCUT2D eigenvalue weighted by Crippen LogP contribution is -2.53. The number of unbranched alkanes of at least 4 members (excludes halogenated alkanes) is 11. The Morgan fingerprint density at radius 2 is 1.17 bits per heavy atom. The van der Waals surface area contributed by atoms with Crippen molar-refractivity contribution in [3.8, 4) is 0 Å². The van der Waals surface area contributed by atoms with Gasteiger partial charge >= 0.3 is 0 Å². The second-order valence-electron chi connectivity index (χ2n) is 11.9. The van der Waals surface area contributed by atoms with Crippen molar-refractivity contribution in [1.29, 1.82) is 0 Å². The molecule has 0 amide bonds. The van der Waals surface area contributed by atoms with Gasteiger partial charge in [0.1, 0.15) is 6.10 Å². The van der Waals surface area contributed by atoms with Crippen molar-refractivity contribution in [2.45, 2.75) is 122 Å². The first-order valence-corrected chi connectivity index (χ1v) is 16.6. The van der Waals surface area contributed by atoms with E-state index in [-0.39, 0.29) is 18.2 Å².